The zero-order valence-corrected chi connectivity index (χ0v) is 10.2. The van der Waals surface area contributed by atoms with E-state index in [0.29, 0.717) is 0 Å². The highest BCUT2D eigenvalue weighted by Gasteiger charge is 2.19. The Morgan fingerprint density at radius 2 is 1.94 bits per heavy atom. The molecule has 2 heterocycles. The van der Waals surface area contributed by atoms with Crippen molar-refractivity contribution < 1.29 is 0 Å². The highest BCUT2D eigenvalue weighted by molar-refractivity contribution is 5.41. The summed E-state index contributed by atoms with van der Waals surface area (Å²) in [5.41, 5.74) is 0.667. The van der Waals surface area contributed by atoms with Crippen molar-refractivity contribution in [2.45, 2.75) is 39.0 Å². The van der Waals surface area contributed by atoms with Crippen LogP contribution in [0.5, 0.6) is 0 Å². The van der Waals surface area contributed by atoms with Gasteiger partial charge in [-0.25, -0.2) is 4.79 Å². The topological polar surface area (TPSA) is 49.0 Å². The number of H-pyrrole nitrogens is 1. The van der Waals surface area contributed by atoms with Gasteiger partial charge in [-0.05, 0) is 12.8 Å². The first-order chi connectivity index (χ1) is 7.47. The van der Waals surface area contributed by atoms with Crippen molar-refractivity contribution in [2.75, 3.05) is 18.0 Å². The minimum atomic E-state index is -0.241. The van der Waals surface area contributed by atoms with E-state index in [2.05, 4.69) is 35.6 Å². The van der Waals surface area contributed by atoms with Gasteiger partial charge in [-0.15, -0.1) is 0 Å². The van der Waals surface area contributed by atoms with Crippen LogP contribution in [0.4, 0.5) is 5.82 Å². The van der Waals surface area contributed by atoms with Gasteiger partial charge in [0.2, 0.25) is 0 Å². The molecule has 1 aromatic rings. The van der Waals surface area contributed by atoms with E-state index in [4.69, 9.17) is 0 Å². The molecule has 1 saturated heterocycles. The van der Waals surface area contributed by atoms with Gasteiger partial charge in [-0.3, -0.25) is 0 Å². The van der Waals surface area contributed by atoms with Crippen LogP contribution in [0.1, 0.15) is 39.3 Å². The second-order valence-corrected chi connectivity index (χ2v) is 5.40. The van der Waals surface area contributed by atoms with Gasteiger partial charge in [0, 0.05) is 30.3 Å². The summed E-state index contributed by atoms with van der Waals surface area (Å²) in [5.74, 6) is 0.825. The molecule has 0 radical (unpaired) electrons. The number of nitrogens with one attached hydrogen (secondary N) is 1. The van der Waals surface area contributed by atoms with Crippen LogP contribution in [0.25, 0.3) is 0 Å². The fourth-order valence-electron chi connectivity index (χ4n) is 1.96. The summed E-state index contributed by atoms with van der Waals surface area (Å²) < 4.78 is 0. The normalized spacial score (nSPS) is 16.8. The maximum atomic E-state index is 11.5. The van der Waals surface area contributed by atoms with Crippen molar-refractivity contribution in [3.05, 3.63) is 22.2 Å². The van der Waals surface area contributed by atoms with E-state index in [1.807, 2.05) is 6.07 Å². The van der Waals surface area contributed by atoms with Crippen LogP contribution in [0.15, 0.2) is 10.9 Å². The Morgan fingerprint density at radius 3 is 2.50 bits per heavy atom. The molecule has 0 spiro atoms. The quantitative estimate of drug-likeness (QED) is 0.784. The fourth-order valence-corrected chi connectivity index (χ4v) is 1.96. The standard InChI is InChI=1S/C12H19N3O/c1-12(2,3)9-8-10(14-11(16)13-9)15-6-4-5-7-15/h8H,4-7H2,1-3H3,(H,13,14,16). The number of hydrogen-bond donors (Lipinski definition) is 1. The molecule has 16 heavy (non-hydrogen) atoms. The third-order valence-corrected chi connectivity index (χ3v) is 2.97. The van der Waals surface area contributed by atoms with Gasteiger partial charge < -0.3 is 9.88 Å². The maximum Gasteiger partial charge on any atom is 0.347 e. The number of aromatic amines is 1. The average Bonchev–Trinajstić information content (AvgIpc) is 2.68. The zero-order valence-electron chi connectivity index (χ0n) is 10.2. The Balaban J connectivity index is 2.39. The minimum Gasteiger partial charge on any atom is -0.356 e. The number of nitrogens with zero attached hydrogens (tertiary/aromatic N) is 2. The van der Waals surface area contributed by atoms with Crippen LogP contribution in [-0.4, -0.2) is 23.1 Å². The Hall–Kier alpha value is -1.32. The van der Waals surface area contributed by atoms with Crippen molar-refractivity contribution in [3.8, 4) is 0 Å². The minimum absolute atomic E-state index is 0.0451. The third-order valence-electron chi connectivity index (χ3n) is 2.97. The van der Waals surface area contributed by atoms with Gasteiger partial charge in [0.15, 0.2) is 0 Å². The summed E-state index contributed by atoms with van der Waals surface area (Å²) >= 11 is 0. The van der Waals surface area contributed by atoms with Gasteiger partial charge in [-0.2, -0.15) is 4.98 Å². The predicted molar refractivity (Wildman–Crippen MR) is 65.0 cm³/mol. The molecule has 1 aliphatic heterocycles. The van der Waals surface area contributed by atoms with Crippen LogP contribution in [-0.2, 0) is 5.41 Å². The average molecular weight is 221 g/mol. The van der Waals surface area contributed by atoms with E-state index >= 15 is 0 Å². The fraction of sp³-hybridized carbons (Fsp3) is 0.667. The Morgan fingerprint density at radius 1 is 1.31 bits per heavy atom. The first-order valence-corrected chi connectivity index (χ1v) is 5.83. The van der Waals surface area contributed by atoms with Crippen LogP contribution >= 0.6 is 0 Å². The molecule has 4 heteroatoms. The van der Waals surface area contributed by atoms with Gasteiger partial charge in [0.05, 0.1) is 0 Å². The number of aromatic nitrogens is 2. The summed E-state index contributed by atoms with van der Waals surface area (Å²) in [5, 5.41) is 0. The van der Waals surface area contributed by atoms with E-state index < -0.39 is 0 Å². The van der Waals surface area contributed by atoms with Crippen LogP contribution in [0.2, 0.25) is 0 Å². The van der Waals surface area contributed by atoms with E-state index in [1.165, 1.54) is 12.8 Å². The van der Waals surface area contributed by atoms with Crippen molar-refractivity contribution in [1.29, 1.82) is 0 Å². The molecule has 0 saturated carbocycles. The van der Waals surface area contributed by atoms with Gasteiger partial charge in [0.1, 0.15) is 5.82 Å². The molecule has 0 atom stereocenters. The molecular weight excluding hydrogens is 202 g/mol. The predicted octanol–water partition coefficient (Wildman–Crippen LogP) is 1.67. The monoisotopic (exact) mass is 221 g/mol. The summed E-state index contributed by atoms with van der Waals surface area (Å²) in [4.78, 5) is 20.6. The smallest absolute Gasteiger partial charge is 0.347 e. The van der Waals surface area contributed by atoms with Gasteiger partial charge in [0.25, 0.3) is 0 Å². The molecule has 0 unspecified atom stereocenters. The second kappa shape index (κ2) is 3.92. The molecule has 0 aromatic carbocycles. The molecule has 1 aromatic heterocycles. The lowest BCUT2D eigenvalue weighted by molar-refractivity contribution is 0.563. The molecular formula is C12H19N3O. The lowest BCUT2D eigenvalue weighted by Crippen LogP contribution is -2.27. The van der Waals surface area contributed by atoms with Crippen molar-refractivity contribution in [2.24, 2.45) is 0 Å². The van der Waals surface area contributed by atoms with E-state index in [0.717, 1.165) is 24.6 Å². The Bertz CT molecular complexity index is 425. The maximum absolute atomic E-state index is 11.5. The van der Waals surface area contributed by atoms with Crippen LogP contribution in [0.3, 0.4) is 0 Å². The molecule has 4 nitrogen and oxygen atoms in total. The first kappa shape index (κ1) is 11.2. The highest BCUT2D eigenvalue weighted by Crippen LogP contribution is 2.23. The molecule has 0 bridgehead atoms. The SMILES string of the molecule is CC(C)(C)c1cc(N2CCCC2)nc(=O)[nH]1. The lowest BCUT2D eigenvalue weighted by atomic mass is 9.92. The molecule has 0 amide bonds. The van der Waals surface area contributed by atoms with E-state index in [1.54, 1.807) is 0 Å². The summed E-state index contributed by atoms with van der Waals surface area (Å²) in [6, 6.07) is 2.01. The molecule has 1 fully saturated rings. The first-order valence-electron chi connectivity index (χ1n) is 5.83. The molecule has 88 valence electrons. The van der Waals surface area contributed by atoms with Crippen LogP contribution < -0.4 is 10.6 Å². The van der Waals surface area contributed by atoms with E-state index in [9.17, 15) is 4.79 Å². The molecule has 2 rings (SSSR count). The molecule has 1 aliphatic rings. The molecule has 0 aliphatic carbocycles. The van der Waals surface area contributed by atoms with Gasteiger partial charge in [-0.1, -0.05) is 20.8 Å². The van der Waals surface area contributed by atoms with E-state index in [-0.39, 0.29) is 11.1 Å². The Labute approximate surface area is 95.7 Å². The van der Waals surface area contributed by atoms with Crippen molar-refractivity contribution in [1.82, 2.24) is 9.97 Å². The largest absolute Gasteiger partial charge is 0.356 e. The summed E-state index contributed by atoms with van der Waals surface area (Å²) in [7, 11) is 0. The third kappa shape index (κ3) is 2.26. The number of anilines is 1. The van der Waals surface area contributed by atoms with Crippen molar-refractivity contribution in [3.63, 3.8) is 0 Å². The second-order valence-electron chi connectivity index (χ2n) is 5.40. The summed E-state index contributed by atoms with van der Waals surface area (Å²) in [6.45, 7) is 8.30. The van der Waals surface area contributed by atoms with Crippen LogP contribution in [0, 0.1) is 0 Å². The van der Waals surface area contributed by atoms with Crippen molar-refractivity contribution >= 4 is 5.82 Å². The Kier molecular flexibility index (Phi) is 2.74. The number of rotatable bonds is 1. The zero-order chi connectivity index (χ0) is 11.8. The lowest BCUT2D eigenvalue weighted by Gasteiger charge is -2.21. The number of hydrogen-bond acceptors (Lipinski definition) is 3. The highest BCUT2D eigenvalue weighted by atomic mass is 16.1. The summed E-state index contributed by atoms with van der Waals surface area (Å²) in [6.07, 6.45) is 2.39. The van der Waals surface area contributed by atoms with Gasteiger partial charge >= 0.3 is 5.69 Å². The molecule has 1 N–H and O–H groups in total.